The summed E-state index contributed by atoms with van der Waals surface area (Å²) in [5, 5.41) is 14.2. The number of rotatable bonds is 7. The Hall–Kier alpha value is -1.27. The van der Waals surface area contributed by atoms with E-state index in [4.69, 9.17) is 23.2 Å². The van der Waals surface area contributed by atoms with E-state index in [-0.39, 0.29) is 26.7 Å². The van der Waals surface area contributed by atoms with Crippen LogP contribution in [-0.4, -0.2) is 34.7 Å². The van der Waals surface area contributed by atoms with Gasteiger partial charge >= 0.3 is 5.95 Å². The molecule has 0 saturated carbocycles. The molecule has 0 aliphatic heterocycles. The molecule has 0 radical (unpaired) electrons. The molecule has 1 N–H and O–H groups in total. The summed E-state index contributed by atoms with van der Waals surface area (Å²) >= 11 is 12.3. The summed E-state index contributed by atoms with van der Waals surface area (Å²) in [6.45, 7) is 0.415. The number of nitro groups is 1. The lowest BCUT2D eigenvalue weighted by Gasteiger charge is -2.03. The standard InChI is InChI=1S/C9H9Cl2N5O4S2/c10-6-4-7(21-8(6)11)22(19,20)13-2-1-3-15-5-12-9(14-15)16(17)18/h4-5,13H,1-3H2. The van der Waals surface area contributed by atoms with Crippen molar-refractivity contribution < 1.29 is 13.3 Å². The van der Waals surface area contributed by atoms with E-state index in [1.165, 1.54) is 17.1 Å². The Bertz CT molecular complexity index is 768. The average molecular weight is 386 g/mol. The van der Waals surface area contributed by atoms with Gasteiger partial charge in [-0.3, -0.25) is 0 Å². The Balaban J connectivity index is 1.86. The monoisotopic (exact) mass is 385 g/mol. The van der Waals surface area contributed by atoms with Crippen LogP contribution < -0.4 is 4.72 Å². The van der Waals surface area contributed by atoms with Crippen molar-refractivity contribution in [3.8, 4) is 0 Å². The van der Waals surface area contributed by atoms with Crippen LogP contribution in [0.25, 0.3) is 0 Å². The molecule has 2 aromatic heterocycles. The molecule has 22 heavy (non-hydrogen) atoms. The van der Waals surface area contributed by atoms with Gasteiger partial charge < -0.3 is 10.1 Å². The summed E-state index contributed by atoms with van der Waals surface area (Å²) in [6, 6.07) is 1.28. The van der Waals surface area contributed by atoms with Crippen LogP contribution in [0.15, 0.2) is 16.6 Å². The van der Waals surface area contributed by atoms with Crippen molar-refractivity contribution >= 4 is 50.5 Å². The quantitative estimate of drug-likeness (QED) is 0.441. The van der Waals surface area contributed by atoms with Crippen LogP contribution in [0.1, 0.15) is 6.42 Å². The van der Waals surface area contributed by atoms with E-state index in [0.29, 0.717) is 6.42 Å². The Morgan fingerprint density at radius 2 is 2.18 bits per heavy atom. The minimum Gasteiger partial charge on any atom is -0.390 e. The maximum absolute atomic E-state index is 12.0. The second-order valence-corrected chi connectivity index (χ2v) is 8.06. The van der Waals surface area contributed by atoms with Crippen molar-refractivity contribution in [1.82, 2.24) is 19.5 Å². The van der Waals surface area contributed by atoms with Crippen LogP contribution >= 0.6 is 34.5 Å². The Labute approximate surface area is 139 Å². The van der Waals surface area contributed by atoms with Crippen molar-refractivity contribution in [2.24, 2.45) is 0 Å². The van der Waals surface area contributed by atoms with Crippen molar-refractivity contribution in [2.45, 2.75) is 17.2 Å². The molecule has 13 heteroatoms. The molecular formula is C9H9Cl2N5O4S2. The van der Waals surface area contributed by atoms with E-state index in [2.05, 4.69) is 14.8 Å². The van der Waals surface area contributed by atoms with Gasteiger partial charge in [-0.05, 0) is 17.4 Å². The number of aryl methyl sites for hydroxylation is 1. The first kappa shape index (κ1) is 17.1. The summed E-state index contributed by atoms with van der Waals surface area (Å²) in [6.07, 6.45) is 1.60. The molecule has 0 aliphatic carbocycles. The normalized spacial score (nSPS) is 11.7. The lowest BCUT2D eigenvalue weighted by Crippen LogP contribution is -2.24. The fraction of sp³-hybridized carbons (Fsp3) is 0.333. The molecule has 2 heterocycles. The van der Waals surface area contributed by atoms with Crippen molar-refractivity contribution in [1.29, 1.82) is 0 Å². The van der Waals surface area contributed by atoms with Crippen molar-refractivity contribution in [3.05, 3.63) is 31.9 Å². The summed E-state index contributed by atoms with van der Waals surface area (Å²) in [5.74, 6) is -0.497. The SMILES string of the molecule is O=[N+]([O-])c1ncn(CCCNS(=O)(=O)c2cc(Cl)c(Cl)s2)n1. The van der Waals surface area contributed by atoms with Gasteiger partial charge in [-0.2, -0.15) is 4.68 Å². The smallest absolute Gasteiger partial charge is 0.390 e. The van der Waals surface area contributed by atoms with E-state index in [0.717, 1.165) is 11.3 Å². The molecule has 0 aliphatic rings. The largest absolute Gasteiger partial charge is 0.490 e. The maximum Gasteiger partial charge on any atom is 0.490 e. The minimum absolute atomic E-state index is 0.0268. The second-order valence-electron chi connectivity index (χ2n) is 4.00. The number of aromatic nitrogens is 3. The lowest BCUT2D eigenvalue weighted by molar-refractivity contribution is -0.394. The number of sulfonamides is 1. The molecule has 0 aromatic carbocycles. The molecule has 120 valence electrons. The molecule has 0 unspecified atom stereocenters. The number of halogens is 2. The third kappa shape index (κ3) is 4.14. The third-order valence-corrected chi connectivity index (χ3v) is 6.23. The van der Waals surface area contributed by atoms with Gasteiger partial charge in [0.1, 0.15) is 8.55 Å². The van der Waals surface area contributed by atoms with Gasteiger partial charge in [-0.15, -0.1) is 11.3 Å². The van der Waals surface area contributed by atoms with Crippen LogP contribution in [0.4, 0.5) is 5.95 Å². The fourth-order valence-electron chi connectivity index (χ4n) is 1.45. The zero-order valence-electron chi connectivity index (χ0n) is 10.8. The lowest BCUT2D eigenvalue weighted by atomic mass is 10.4. The Morgan fingerprint density at radius 3 is 2.73 bits per heavy atom. The number of hydrogen-bond donors (Lipinski definition) is 1. The molecule has 9 nitrogen and oxygen atoms in total. The van der Waals surface area contributed by atoms with E-state index in [1.807, 2.05) is 0 Å². The molecule has 0 spiro atoms. The molecule has 0 fully saturated rings. The van der Waals surface area contributed by atoms with Crippen LogP contribution in [0, 0.1) is 10.1 Å². The van der Waals surface area contributed by atoms with Crippen molar-refractivity contribution in [3.63, 3.8) is 0 Å². The zero-order chi connectivity index (χ0) is 16.3. The van der Waals surface area contributed by atoms with Crippen LogP contribution in [0.5, 0.6) is 0 Å². The molecule has 0 saturated heterocycles. The highest BCUT2D eigenvalue weighted by Gasteiger charge is 2.19. The minimum atomic E-state index is -3.68. The van der Waals surface area contributed by atoms with E-state index in [1.54, 1.807) is 0 Å². The van der Waals surface area contributed by atoms with Crippen LogP contribution in [0.3, 0.4) is 0 Å². The van der Waals surface area contributed by atoms with E-state index in [9.17, 15) is 18.5 Å². The first-order chi connectivity index (χ1) is 10.3. The number of thiophene rings is 1. The molecule has 0 bridgehead atoms. The maximum atomic E-state index is 12.0. The van der Waals surface area contributed by atoms with Gasteiger partial charge in [0.25, 0.3) is 0 Å². The van der Waals surface area contributed by atoms with Crippen LogP contribution in [0.2, 0.25) is 9.36 Å². The van der Waals surface area contributed by atoms with E-state index >= 15 is 0 Å². The first-order valence-corrected chi connectivity index (χ1v) is 8.83. The molecular weight excluding hydrogens is 377 g/mol. The zero-order valence-corrected chi connectivity index (χ0v) is 13.9. The summed E-state index contributed by atoms with van der Waals surface area (Å²) < 4.78 is 27.8. The highest BCUT2D eigenvalue weighted by molar-refractivity contribution is 7.91. The summed E-state index contributed by atoms with van der Waals surface area (Å²) in [4.78, 5) is 13.2. The number of hydrogen-bond acceptors (Lipinski definition) is 7. The van der Waals surface area contributed by atoms with E-state index < -0.39 is 20.9 Å². The van der Waals surface area contributed by atoms with Gasteiger partial charge in [-0.25, -0.2) is 13.1 Å². The van der Waals surface area contributed by atoms with Gasteiger partial charge in [-0.1, -0.05) is 28.2 Å². The summed E-state index contributed by atoms with van der Waals surface area (Å²) in [5.41, 5.74) is 0. The molecule has 2 aromatic rings. The second kappa shape index (κ2) is 6.87. The highest BCUT2D eigenvalue weighted by atomic mass is 35.5. The molecule has 0 amide bonds. The first-order valence-electron chi connectivity index (χ1n) is 5.78. The Kier molecular flexibility index (Phi) is 5.34. The predicted molar refractivity (Wildman–Crippen MR) is 80.8 cm³/mol. The Morgan fingerprint density at radius 1 is 1.45 bits per heavy atom. The van der Waals surface area contributed by atoms with Gasteiger partial charge in [0.15, 0.2) is 0 Å². The fourth-order valence-corrected chi connectivity index (χ4v) is 4.45. The predicted octanol–water partition coefficient (Wildman–Crippen LogP) is 1.92. The topological polar surface area (TPSA) is 120 Å². The number of nitrogens with zero attached hydrogens (tertiary/aromatic N) is 4. The van der Waals surface area contributed by atoms with Gasteiger partial charge in [0.05, 0.1) is 11.6 Å². The van der Waals surface area contributed by atoms with Gasteiger partial charge in [0.2, 0.25) is 16.4 Å². The number of nitrogens with one attached hydrogen (secondary N) is 1. The summed E-state index contributed by atoms with van der Waals surface area (Å²) in [7, 11) is -3.68. The third-order valence-electron chi connectivity index (χ3n) is 2.43. The van der Waals surface area contributed by atoms with Crippen molar-refractivity contribution in [2.75, 3.05) is 6.54 Å². The average Bonchev–Trinajstić information content (AvgIpc) is 3.03. The van der Waals surface area contributed by atoms with Crippen LogP contribution in [-0.2, 0) is 16.6 Å². The molecule has 0 atom stereocenters. The molecule has 2 rings (SSSR count). The highest BCUT2D eigenvalue weighted by Crippen LogP contribution is 2.34. The van der Waals surface area contributed by atoms with Gasteiger partial charge in [0, 0.05) is 11.6 Å².